The van der Waals surface area contributed by atoms with E-state index in [1.807, 2.05) is 0 Å². The molecule has 0 aliphatic carbocycles. The number of anilines is 1. The molecule has 7 heteroatoms. The van der Waals surface area contributed by atoms with Gasteiger partial charge in [0, 0.05) is 13.0 Å². The fourth-order valence-electron chi connectivity index (χ4n) is 1.13. The van der Waals surface area contributed by atoms with Crippen molar-refractivity contribution in [1.29, 1.82) is 0 Å². The summed E-state index contributed by atoms with van der Waals surface area (Å²) < 4.78 is 4.96. The molecule has 0 atom stereocenters. The van der Waals surface area contributed by atoms with Crippen molar-refractivity contribution >= 4 is 17.5 Å². The summed E-state index contributed by atoms with van der Waals surface area (Å²) in [7, 11) is 0. The molecule has 0 saturated carbocycles. The monoisotopic (exact) mass is 239 g/mol. The largest absolute Gasteiger partial charge is 0.354 e. The van der Waals surface area contributed by atoms with E-state index in [9.17, 15) is 0 Å². The first-order valence-corrected chi connectivity index (χ1v) is 5.12. The molecule has 0 aromatic carbocycles. The van der Waals surface area contributed by atoms with Crippen LogP contribution in [0.2, 0.25) is 5.02 Å². The lowest BCUT2D eigenvalue weighted by molar-refractivity contribution is 0.377. The highest BCUT2D eigenvalue weighted by Crippen LogP contribution is 2.05. The molecule has 0 saturated heterocycles. The number of nitrogens with one attached hydrogen (secondary N) is 1. The Morgan fingerprint density at radius 2 is 2.12 bits per heavy atom. The number of aromatic nitrogens is 4. The molecule has 0 spiro atoms. The summed E-state index contributed by atoms with van der Waals surface area (Å²) in [6, 6.07) is 0. The van der Waals surface area contributed by atoms with Crippen molar-refractivity contribution in [2.75, 3.05) is 11.9 Å². The second kappa shape index (κ2) is 4.89. The summed E-state index contributed by atoms with van der Waals surface area (Å²) in [5.74, 6) is 1.76. The molecule has 0 aliphatic heterocycles. The van der Waals surface area contributed by atoms with E-state index >= 15 is 0 Å². The summed E-state index contributed by atoms with van der Waals surface area (Å²) in [4.78, 5) is 12.1. The zero-order valence-corrected chi connectivity index (χ0v) is 9.40. The molecule has 16 heavy (non-hydrogen) atoms. The van der Waals surface area contributed by atoms with E-state index in [1.165, 1.54) is 12.4 Å². The van der Waals surface area contributed by atoms with Gasteiger partial charge in [-0.3, -0.25) is 0 Å². The molecular formula is C9H10ClN5O. The Hall–Kier alpha value is -1.69. The molecule has 2 aromatic rings. The van der Waals surface area contributed by atoms with Crippen LogP contribution in [0.25, 0.3) is 0 Å². The van der Waals surface area contributed by atoms with Gasteiger partial charge in [-0.15, -0.1) is 0 Å². The molecule has 0 aliphatic rings. The lowest BCUT2D eigenvalue weighted by atomic mass is 10.4. The third kappa shape index (κ3) is 2.90. The summed E-state index contributed by atoms with van der Waals surface area (Å²) in [6.07, 6.45) is 3.70. The zero-order chi connectivity index (χ0) is 11.4. The third-order valence-electron chi connectivity index (χ3n) is 1.81. The number of halogens is 1. The molecular weight excluding hydrogens is 230 g/mol. The van der Waals surface area contributed by atoms with Gasteiger partial charge < -0.3 is 9.84 Å². The van der Waals surface area contributed by atoms with Crippen LogP contribution in [0, 0.1) is 6.92 Å². The molecule has 2 aromatic heterocycles. The number of rotatable bonds is 4. The van der Waals surface area contributed by atoms with Crippen LogP contribution in [0.5, 0.6) is 0 Å². The second-order valence-electron chi connectivity index (χ2n) is 3.14. The average Bonchev–Trinajstić information content (AvgIpc) is 2.67. The van der Waals surface area contributed by atoms with Crippen molar-refractivity contribution in [2.45, 2.75) is 13.3 Å². The van der Waals surface area contributed by atoms with Crippen LogP contribution in [0.1, 0.15) is 11.7 Å². The van der Waals surface area contributed by atoms with Gasteiger partial charge in [-0.1, -0.05) is 16.8 Å². The molecule has 2 rings (SSSR count). The minimum atomic E-state index is 0.512. The first kappa shape index (κ1) is 10.8. The summed E-state index contributed by atoms with van der Waals surface area (Å²) in [5, 5.41) is 7.22. The van der Waals surface area contributed by atoms with Gasteiger partial charge in [0.1, 0.15) is 0 Å². The summed E-state index contributed by atoms with van der Waals surface area (Å²) in [6.45, 7) is 2.41. The Morgan fingerprint density at radius 1 is 1.38 bits per heavy atom. The Labute approximate surface area is 97.1 Å². The van der Waals surface area contributed by atoms with Crippen LogP contribution in [0.3, 0.4) is 0 Å². The molecule has 0 radical (unpaired) electrons. The predicted octanol–water partition coefficient (Wildman–Crippen LogP) is 1.48. The fraction of sp³-hybridized carbons (Fsp3) is 0.333. The molecule has 6 nitrogen and oxygen atoms in total. The second-order valence-corrected chi connectivity index (χ2v) is 3.57. The number of nitrogens with zero attached hydrogens (tertiary/aromatic N) is 4. The number of hydrogen-bond acceptors (Lipinski definition) is 6. The maximum atomic E-state index is 5.66. The number of hydrogen-bond donors (Lipinski definition) is 1. The fourth-order valence-corrected chi connectivity index (χ4v) is 1.22. The van der Waals surface area contributed by atoms with Crippen LogP contribution in [-0.2, 0) is 6.42 Å². The van der Waals surface area contributed by atoms with E-state index in [1.54, 1.807) is 6.92 Å². The molecule has 0 unspecified atom stereocenters. The summed E-state index contributed by atoms with van der Waals surface area (Å²) in [5.41, 5.74) is 0. The van der Waals surface area contributed by atoms with Crippen molar-refractivity contribution < 1.29 is 4.52 Å². The SMILES string of the molecule is Cc1noc(CCNc2ncc(Cl)cn2)n1. The van der Waals surface area contributed by atoms with E-state index in [2.05, 4.69) is 25.4 Å². The standard InChI is InChI=1S/C9H10ClN5O/c1-6-14-8(16-15-6)2-3-11-9-12-4-7(10)5-13-9/h4-5H,2-3H2,1H3,(H,11,12,13). The Bertz CT molecular complexity index is 455. The Morgan fingerprint density at radius 3 is 2.75 bits per heavy atom. The van der Waals surface area contributed by atoms with Gasteiger partial charge in [0.05, 0.1) is 17.4 Å². The molecule has 84 valence electrons. The average molecular weight is 240 g/mol. The maximum absolute atomic E-state index is 5.66. The van der Waals surface area contributed by atoms with E-state index in [0.29, 0.717) is 35.7 Å². The van der Waals surface area contributed by atoms with Crippen molar-refractivity contribution in [1.82, 2.24) is 20.1 Å². The first-order valence-electron chi connectivity index (χ1n) is 4.74. The van der Waals surface area contributed by atoms with Gasteiger partial charge in [-0.05, 0) is 6.92 Å². The molecule has 2 heterocycles. The normalized spacial score (nSPS) is 10.4. The topological polar surface area (TPSA) is 76.7 Å². The van der Waals surface area contributed by atoms with Crippen LogP contribution in [-0.4, -0.2) is 26.7 Å². The Balaban J connectivity index is 1.82. The van der Waals surface area contributed by atoms with Crippen molar-refractivity contribution in [3.8, 4) is 0 Å². The number of aryl methyl sites for hydroxylation is 1. The van der Waals surface area contributed by atoms with Crippen LogP contribution in [0.15, 0.2) is 16.9 Å². The first-order chi connectivity index (χ1) is 7.74. The lowest BCUT2D eigenvalue weighted by Crippen LogP contribution is -2.07. The molecule has 1 N–H and O–H groups in total. The minimum Gasteiger partial charge on any atom is -0.354 e. The lowest BCUT2D eigenvalue weighted by Gasteiger charge is -2.01. The highest BCUT2D eigenvalue weighted by molar-refractivity contribution is 6.30. The van der Waals surface area contributed by atoms with E-state index in [-0.39, 0.29) is 0 Å². The van der Waals surface area contributed by atoms with Gasteiger partial charge in [-0.2, -0.15) is 4.98 Å². The maximum Gasteiger partial charge on any atom is 0.228 e. The Kier molecular flexibility index (Phi) is 3.31. The van der Waals surface area contributed by atoms with Gasteiger partial charge in [-0.25, -0.2) is 9.97 Å². The zero-order valence-electron chi connectivity index (χ0n) is 8.64. The predicted molar refractivity (Wildman–Crippen MR) is 58.3 cm³/mol. The summed E-state index contributed by atoms with van der Waals surface area (Å²) >= 11 is 5.66. The van der Waals surface area contributed by atoms with Crippen molar-refractivity contribution in [3.63, 3.8) is 0 Å². The van der Waals surface area contributed by atoms with Crippen LogP contribution in [0.4, 0.5) is 5.95 Å². The van der Waals surface area contributed by atoms with Crippen LogP contribution < -0.4 is 5.32 Å². The van der Waals surface area contributed by atoms with Crippen molar-refractivity contribution in [2.24, 2.45) is 0 Å². The van der Waals surface area contributed by atoms with Gasteiger partial charge in [0.2, 0.25) is 11.8 Å². The van der Waals surface area contributed by atoms with E-state index in [0.717, 1.165) is 0 Å². The van der Waals surface area contributed by atoms with Crippen molar-refractivity contribution in [3.05, 3.63) is 29.1 Å². The highest BCUT2D eigenvalue weighted by atomic mass is 35.5. The quantitative estimate of drug-likeness (QED) is 0.871. The molecule has 0 amide bonds. The van der Waals surface area contributed by atoms with Gasteiger partial charge in [0.25, 0.3) is 0 Å². The van der Waals surface area contributed by atoms with Gasteiger partial charge >= 0.3 is 0 Å². The molecule has 0 bridgehead atoms. The van der Waals surface area contributed by atoms with Gasteiger partial charge in [0.15, 0.2) is 5.82 Å². The smallest absolute Gasteiger partial charge is 0.228 e. The van der Waals surface area contributed by atoms with E-state index in [4.69, 9.17) is 16.1 Å². The highest BCUT2D eigenvalue weighted by Gasteiger charge is 2.02. The van der Waals surface area contributed by atoms with Crippen LogP contribution >= 0.6 is 11.6 Å². The van der Waals surface area contributed by atoms with E-state index < -0.39 is 0 Å². The molecule has 0 fully saturated rings. The third-order valence-corrected chi connectivity index (χ3v) is 2.01. The minimum absolute atomic E-state index is 0.512.